The number of carbonyl (C=O) groups excluding carboxylic acids is 2. The largest absolute Gasteiger partial charge is 0.483 e. The molecule has 5 nitrogen and oxygen atoms in total. The maximum Gasteiger partial charge on any atom is 0.255 e. The number of benzene rings is 2. The van der Waals surface area contributed by atoms with Crippen LogP contribution in [0.3, 0.4) is 0 Å². The van der Waals surface area contributed by atoms with Crippen molar-refractivity contribution in [3.8, 4) is 5.75 Å². The summed E-state index contributed by atoms with van der Waals surface area (Å²) in [5.41, 5.74) is -0.366. The molecule has 7 heteroatoms. The van der Waals surface area contributed by atoms with E-state index in [-0.39, 0.29) is 24.6 Å². The number of amides is 2. The van der Waals surface area contributed by atoms with Crippen LogP contribution in [-0.4, -0.2) is 41.9 Å². The summed E-state index contributed by atoms with van der Waals surface area (Å²) < 4.78 is 33.2. The summed E-state index contributed by atoms with van der Waals surface area (Å²) in [4.78, 5) is 26.6. The molecule has 0 bridgehead atoms. The van der Waals surface area contributed by atoms with Gasteiger partial charge < -0.3 is 15.0 Å². The van der Waals surface area contributed by atoms with Crippen molar-refractivity contribution in [1.29, 1.82) is 0 Å². The van der Waals surface area contributed by atoms with Crippen LogP contribution in [0.25, 0.3) is 0 Å². The van der Waals surface area contributed by atoms with Gasteiger partial charge in [0.1, 0.15) is 23.0 Å². The van der Waals surface area contributed by atoms with Gasteiger partial charge in [-0.25, -0.2) is 8.78 Å². The molecule has 1 atom stereocenters. The van der Waals surface area contributed by atoms with E-state index >= 15 is 0 Å². The molecule has 2 heterocycles. The molecule has 1 spiro atoms. The third-order valence-electron chi connectivity index (χ3n) is 4.97. The van der Waals surface area contributed by atoms with Crippen LogP contribution in [0.1, 0.15) is 33.6 Å². The Labute approximate surface area is 154 Å². The lowest BCUT2D eigenvalue weighted by molar-refractivity contribution is -0.000889. The number of hydrogen-bond acceptors (Lipinski definition) is 3. The van der Waals surface area contributed by atoms with E-state index in [0.29, 0.717) is 30.7 Å². The Hall–Kier alpha value is -2.96. The number of nitrogens with one attached hydrogen (secondary N) is 1. The van der Waals surface area contributed by atoms with Crippen molar-refractivity contribution in [1.82, 2.24) is 10.2 Å². The summed E-state index contributed by atoms with van der Waals surface area (Å²) in [7, 11) is 0. The fourth-order valence-corrected chi connectivity index (χ4v) is 3.71. The Balaban J connectivity index is 1.61. The van der Waals surface area contributed by atoms with E-state index in [9.17, 15) is 18.4 Å². The standard InChI is InChI=1S/C20H18F2N2O3/c21-14-8-13(9-15(22)10-14)19(26)24-7-3-6-20(12-24)11-23-18(25)16-4-1-2-5-17(16)27-20/h1-2,4-5,8-10H,3,6-7,11-12H2,(H,23,25)/t20-/m0/s1. The predicted octanol–water partition coefficient (Wildman–Crippen LogP) is 2.76. The van der Waals surface area contributed by atoms with E-state index in [1.807, 2.05) is 0 Å². The van der Waals surface area contributed by atoms with Gasteiger partial charge in [-0.15, -0.1) is 0 Å². The second-order valence-electron chi connectivity index (χ2n) is 6.95. The first-order valence-corrected chi connectivity index (χ1v) is 8.77. The third kappa shape index (κ3) is 3.37. The van der Waals surface area contributed by atoms with Gasteiger partial charge in [-0.05, 0) is 37.1 Å². The highest BCUT2D eigenvalue weighted by Gasteiger charge is 2.42. The van der Waals surface area contributed by atoms with E-state index in [4.69, 9.17) is 4.74 Å². The zero-order valence-corrected chi connectivity index (χ0v) is 14.5. The van der Waals surface area contributed by atoms with Gasteiger partial charge in [0.15, 0.2) is 0 Å². The van der Waals surface area contributed by atoms with Gasteiger partial charge in [-0.1, -0.05) is 12.1 Å². The Kier molecular flexibility index (Phi) is 4.30. The zero-order valence-electron chi connectivity index (χ0n) is 14.5. The first kappa shape index (κ1) is 17.5. The van der Waals surface area contributed by atoms with E-state index in [2.05, 4.69) is 5.32 Å². The summed E-state index contributed by atoms with van der Waals surface area (Å²) >= 11 is 0. The van der Waals surface area contributed by atoms with E-state index < -0.39 is 23.1 Å². The molecular formula is C20H18F2N2O3. The molecule has 1 fully saturated rings. The summed E-state index contributed by atoms with van der Waals surface area (Å²) in [5, 5.41) is 2.86. The lowest BCUT2D eigenvalue weighted by atomic mass is 9.91. The van der Waals surface area contributed by atoms with Crippen LogP contribution in [0.2, 0.25) is 0 Å². The molecule has 0 aromatic heterocycles. The van der Waals surface area contributed by atoms with Gasteiger partial charge in [0.05, 0.1) is 18.7 Å². The van der Waals surface area contributed by atoms with Gasteiger partial charge in [0, 0.05) is 18.2 Å². The summed E-state index contributed by atoms with van der Waals surface area (Å²) in [6.45, 7) is 0.929. The average molecular weight is 372 g/mol. The highest BCUT2D eigenvalue weighted by molar-refractivity contribution is 5.97. The Morgan fingerprint density at radius 1 is 1.15 bits per heavy atom. The number of nitrogens with zero attached hydrogens (tertiary/aromatic N) is 1. The average Bonchev–Trinajstić information content (AvgIpc) is 2.78. The molecule has 2 aliphatic rings. The molecule has 0 radical (unpaired) electrons. The SMILES string of the molecule is O=C1NC[C@]2(CCCN(C(=O)c3cc(F)cc(F)c3)C2)Oc2ccccc21. The van der Waals surface area contributed by atoms with Crippen LogP contribution >= 0.6 is 0 Å². The quantitative estimate of drug-likeness (QED) is 0.838. The highest BCUT2D eigenvalue weighted by Crippen LogP contribution is 2.32. The van der Waals surface area contributed by atoms with Gasteiger partial charge in [-0.3, -0.25) is 9.59 Å². The monoisotopic (exact) mass is 372 g/mol. The molecule has 0 aliphatic carbocycles. The third-order valence-corrected chi connectivity index (χ3v) is 4.97. The van der Waals surface area contributed by atoms with Crippen LogP contribution in [0.5, 0.6) is 5.75 Å². The molecule has 0 saturated carbocycles. The minimum absolute atomic E-state index is 0.0393. The smallest absolute Gasteiger partial charge is 0.255 e. The van der Waals surface area contributed by atoms with Crippen molar-refractivity contribution in [2.45, 2.75) is 18.4 Å². The van der Waals surface area contributed by atoms with Gasteiger partial charge in [0.2, 0.25) is 0 Å². The first-order valence-electron chi connectivity index (χ1n) is 8.77. The number of carbonyl (C=O) groups is 2. The van der Waals surface area contributed by atoms with Crippen molar-refractivity contribution in [3.05, 3.63) is 65.2 Å². The molecule has 4 rings (SSSR count). The van der Waals surface area contributed by atoms with Crippen molar-refractivity contribution in [3.63, 3.8) is 0 Å². The molecule has 140 valence electrons. The molecule has 2 aliphatic heterocycles. The Morgan fingerprint density at radius 2 is 1.89 bits per heavy atom. The summed E-state index contributed by atoms with van der Waals surface area (Å²) in [5.74, 6) is -1.80. The van der Waals surface area contributed by atoms with Crippen molar-refractivity contribution in [2.24, 2.45) is 0 Å². The molecule has 2 aromatic carbocycles. The number of rotatable bonds is 1. The molecule has 1 saturated heterocycles. The van der Waals surface area contributed by atoms with E-state index in [1.165, 1.54) is 4.90 Å². The lowest BCUT2D eigenvalue weighted by Crippen LogP contribution is -2.57. The predicted molar refractivity (Wildman–Crippen MR) is 93.6 cm³/mol. The van der Waals surface area contributed by atoms with Crippen molar-refractivity contribution >= 4 is 11.8 Å². The summed E-state index contributed by atoms with van der Waals surface area (Å²) in [6.07, 6.45) is 1.31. The maximum absolute atomic E-state index is 13.5. The highest BCUT2D eigenvalue weighted by atomic mass is 19.1. The molecular weight excluding hydrogens is 354 g/mol. The first-order chi connectivity index (χ1) is 13.0. The molecule has 2 amide bonds. The second kappa shape index (κ2) is 6.64. The van der Waals surface area contributed by atoms with Crippen LogP contribution in [-0.2, 0) is 0 Å². The van der Waals surface area contributed by atoms with Crippen molar-refractivity contribution < 1.29 is 23.1 Å². The topological polar surface area (TPSA) is 58.6 Å². The summed E-state index contributed by atoms with van der Waals surface area (Å²) in [6, 6.07) is 9.74. The number of likely N-dealkylation sites (tertiary alicyclic amines) is 1. The molecule has 1 N–H and O–H groups in total. The molecule has 2 aromatic rings. The number of piperidine rings is 1. The van der Waals surface area contributed by atoms with Crippen LogP contribution in [0.15, 0.2) is 42.5 Å². The fraction of sp³-hybridized carbons (Fsp3) is 0.300. The Bertz CT molecular complexity index is 898. The minimum atomic E-state index is -0.794. The second-order valence-corrected chi connectivity index (χ2v) is 6.95. The number of hydrogen-bond donors (Lipinski definition) is 1. The minimum Gasteiger partial charge on any atom is -0.483 e. The number of fused-ring (bicyclic) bond motifs is 1. The van der Waals surface area contributed by atoms with E-state index in [0.717, 1.165) is 18.2 Å². The van der Waals surface area contributed by atoms with Gasteiger partial charge >= 0.3 is 0 Å². The van der Waals surface area contributed by atoms with Crippen LogP contribution in [0, 0.1) is 11.6 Å². The molecule has 0 unspecified atom stereocenters. The molecule has 27 heavy (non-hydrogen) atoms. The lowest BCUT2D eigenvalue weighted by Gasteiger charge is -2.42. The van der Waals surface area contributed by atoms with Crippen LogP contribution in [0.4, 0.5) is 8.78 Å². The normalized spacial score (nSPS) is 21.9. The number of para-hydroxylation sites is 1. The maximum atomic E-state index is 13.5. The Morgan fingerprint density at radius 3 is 2.67 bits per heavy atom. The van der Waals surface area contributed by atoms with Crippen molar-refractivity contribution in [2.75, 3.05) is 19.6 Å². The van der Waals surface area contributed by atoms with Gasteiger partial charge in [0.25, 0.3) is 11.8 Å². The number of ether oxygens (including phenoxy) is 1. The van der Waals surface area contributed by atoms with Gasteiger partial charge in [-0.2, -0.15) is 0 Å². The van der Waals surface area contributed by atoms with E-state index in [1.54, 1.807) is 24.3 Å². The fourth-order valence-electron chi connectivity index (χ4n) is 3.71. The zero-order chi connectivity index (χ0) is 19.0. The van der Waals surface area contributed by atoms with Crippen LogP contribution < -0.4 is 10.1 Å². The number of halogens is 2.